The number of nitrogens with one attached hydrogen (secondary N) is 2. The normalized spacial score (nSPS) is 16.0. The minimum atomic E-state index is 0. The second-order valence-corrected chi connectivity index (χ2v) is 7.38. The van der Waals surface area contributed by atoms with Gasteiger partial charge < -0.3 is 19.9 Å². The maximum atomic E-state index is 5.48. The molecular weight excluding hydrogens is 455 g/mol. The molecule has 1 aliphatic carbocycles. The largest absolute Gasteiger partial charge is 0.385 e. The van der Waals surface area contributed by atoms with Crippen molar-refractivity contribution in [2.75, 3.05) is 26.8 Å². The molecule has 27 heavy (non-hydrogen) atoms. The van der Waals surface area contributed by atoms with Crippen molar-refractivity contribution in [2.45, 2.75) is 71.8 Å². The summed E-state index contributed by atoms with van der Waals surface area (Å²) in [4.78, 5) is 4.68. The molecule has 7 heteroatoms. The topological polar surface area (TPSA) is 71.7 Å². The molecule has 1 aromatic rings. The number of rotatable bonds is 11. The zero-order chi connectivity index (χ0) is 18.8. The van der Waals surface area contributed by atoms with E-state index in [1.54, 1.807) is 7.11 Å². The van der Waals surface area contributed by atoms with Crippen molar-refractivity contribution in [1.29, 1.82) is 0 Å². The number of aliphatic imine (C=N–C) groups is 1. The summed E-state index contributed by atoms with van der Waals surface area (Å²) in [5, 5.41) is 11.1. The van der Waals surface area contributed by atoms with Gasteiger partial charge in [0.15, 0.2) is 11.7 Å². The van der Waals surface area contributed by atoms with Gasteiger partial charge in [0.25, 0.3) is 0 Å². The van der Waals surface area contributed by atoms with Crippen LogP contribution in [0.25, 0.3) is 0 Å². The van der Waals surface area contributed by atoms with Crippen molar-refractivity contribution in [1.82, 2.24) is 15.8 Å². The quantitative estimate of drug-likeness (QED) is 0.271. The van der Waals surface area contributed by atoms with Crippen LogP contribution in [-0.4, -0.2) is 37.9 Å². The third-order valence-electron chi connectivity index (χ3n) is 5.60. The summed E-state index contributed by atoms with van der Waals surface area (Å²) in [6.07, 6.45) is 7.12. The zero-order valence-corrected chi connectivity index (χ0v) is 19.7. The van der Waals surface area contributed by atoms with Gasteiger partial charge in [-0.25, -0.2) is 4.99 Å². The second kappa shape index (κ2) is 12.6. The monoisotopic (exact) mass is 492 g/mol. The summed E-state index contributed by atoms with van der Waals surface area (Å²) < 4.78 is 10.8. The molecular formula is C20H37IN4O2. The number of ether oxygens (including phenoxy) is 1. The van der Waals surface area contributed by atoms with E-state index in [2.05, 4.69) is 47.6 Å². The van der Waals surface area contributed by atoms with Gasteiger partial charge in [-0.05, 0) is 44.4 Å². The summed E-state index contributed by atoms with van der Waals surface area (Å²) in [6.45, 7) is 9.58. The van der Waals surface area contributed by atoms with Crippen molar-refractivity contribution >= 4 is 29.9 Å². The van der Waals surface area contributed by atoms with Crippen molar-refractivity contribution in [2.24, 2.45) is 10.4 Å². The van der Waals surface area contributed by atoms with Gasteiger partial charge in [-0.1, -0.05) is 25.4 Å². The highest BCUT2D eigenvalue weighted by atomic mass is 127. The minimum absolute atomic E-state index is 0. The Morgan fingerprint density at radius 3 is 2.59 bits per heavy atom. The van der Waals surface area contributed by atoms with Crippen LogP contribution in [0.15, 0.2) is 15.6 Å². The van der Waals surface area contributed by atoms with Crippen LogP contribution in [-0.2, 0) is 11.3 Å². The van der Waals surface area contributed by atoms with Crippen molar-refractivity contribution in [3.8, 4) is 0 Å². The molecule has 0 radical (unpaired) electrons. The molecule has 156 valence electrons. The first kappa shape index (κ1) is 24.2. The first-order valence-corrected chi connectivity index (χ1v) is 10.1. The van der Waals surface area contributed by atoms with Gasteiger partial charge >= 0.3 is 0 Å². The first-order valence-electron chi connectivity index (χ1n) is 10.1. The number of nitrogens with zero attached hydrogens (tertiary/aromatic N) is 2. The molecule has 0 aliphatic heterocycles. The van der Waals surface area contributed by atoms with Crippen molar-refractivity contribution < 1.29 is 9.26 Å². The third-order valence-corrected chi connectivity index (χ3v) is 5.60. The average molecular weight is 492 g/mol. The maximum Gasteiger partial charge on any atom is 0.191 e. The SMILES string of the molecule is CCNC(=NCc1cc(C(CC)CC)no1)NCC1(CCOC)CCC1.I. The van der Waals surface area contributed by atoms with E-state index in [4.69, 9.17) is 9.26 Å². The molecule has 0 saturated heterocycles. The number of hydrogen-bond acceptors (Lipinski definition) is 4. The first-order chi connectivity index (χ1) is 12.7. The number of aromatic nitrogens is 1. The summed E-state index contributed by atoms with van der Waals surface area (Å²) in [7, 11) is 1.78. The molecule has 1 aromatic heterocycles. The van der Waals surface area contributed by atoms with Crippen LogP contribution in [0, 0.1) is 5.41 Å². The lowest BCUT2D eigenvalue weighted by atomic mass is 9.67. The fourth-order valence-corrected chi connectivity index (χ4v) is 3.58. The van der Waals surface area contributed by atoms with E-state index in [9.17, 15) is 0 Å². The van der Waals surface area contributed by atoms with E-state index in [0.717, 1.165) is 56.4 Å². The number of methoxy groups -OCH3 is 1. The molecule has 1 saturated carbocycles. The lowest BCUT2D eigenvalue weighted by Gasteiger charge is -2.42. The van der Waals surface area contributed by atoms with Crippen LogP contribution < -0.4 is 10.6 Å². The van der Waals surface area contributed by atoms with Crippen LogP contribution in [0.3, 0.4) is 0 Å². The Bertz CT molecular complexity index is 554. The fourth-order valence-electron chi connectivity index (χ4n) is 3.58. The molecule has 0 aromatic carbocycles. The smallest absolute Gasteiger partial charge is 0.191 e. The Morgan fingerprint density at radius 2 is 2.04 bits per heavy atom. The van der Waals surface area contributed by atoms with E-state index in [1.165, 1.54) is 19.3 Å². The van der Waals surface area contributed by atoms with E-state index in [-0.39, 0.29) is 24.0 Å². The molecule has 0 amide bonds. The van der Waals surface area contributed by atoms with E-state index in [0.29, 0.717) is 17.9 Å². The van der Waals surface area contributed by atoms with Gasteiger partial charge in [-0.3, -0.25) is 0 Å². The van der Waals surface area contributed by atoms with Crippen LogP contribution in [0.2, 0.25) is 0 Å². The summed E-state index contributed by atoms with van der Waals surface area (Å²) >= 11 is 0. The molecule has 1 fully saturated rings. The lowest BCUT2D eigenvalue weighted by molar-refractivity contribution is 0.0732. The maximum absolute atomic E-state index is 5.48. The molecule has 2 N–H and O–H groups in total. The fraction of sp³-hybridized carbons (Fsp3) is 0.800. The molecule has 2 rings (SSSR count). The van der Waals surface area contributed by atoms with Gasteiger partial charge in [0.1, 0.15) is 6.54 Å². The highest BCUT2D eigenvalue weighted by molar-refractivity contribution is 14.0. The second-order valence-electron chi connectivity index (χ2n) is 7.38. The molecule has 0 unspecified atom stereocenters. The lowest BCUT2D eigenvalue weighted by Crippen LogP contribution is -2.46. The van der Waals surface area contributed by atoms with Gasteiger partial charge in [0, 0.05) is 38.8 Å². The predicted octanol–water partition coefficient (Wildman–Crippen LogP) is 4.46. The van der Waals surface area contributed by atoms with Crippen LogP contribution in [0.5, 0.6) is 0 Å². The highest BCUT2D eigenvalue weighted by Crippen LogP contribution is 2.43. The van der Waals surface area contributed by atoms with Crippen LogP contribution in [0.4, 0.5) is 0 Å². The molecule has 0 bridgehead atoms. The summed E-state index contributed by atoms with van der Waals surface area (Å²) in [5.41, 5.74) is 1.41. The van der Waals surface area contributed by atoms with Crippen LogP contribution in [0.1, 0.15) is 76.7 Å². The Labute approximate surface area is 181 Å². The van der Waals surface area contributed by atoms with Gasteiger partial charge in [0.05, 0.1) is 5.69 Å². The van der Waals surface area contributed by atoms with Crippen LogP contribution >= 0.6 is 24.0 Å². The van der Waals surface area contributed by atoms with Gasteiger partial charge in [-0.2, -0.15) is 0 Å². The van der Waals surface area contributed by atoms with Gasteiger partial charge in [0.2, 0.25) is 0 Å². The number of halogens is 1. The molecule has 1 heterocycles. The molecule has 0 spiro atoms. The molecule has 0 atom stereocenters. The van der Waals surface area contributed by atoms with Crippen molar-refractivity contribution in [3.63, 3.8) is 0 Å². The highest BCUT2D eigenvalue weighted by Gasteiger charge is 2.36. The molecule has 1 aliphatic rings. The number of guanidine groups is 1. The van der Waals surface area contributed by atoms with Crippen molar-refractivity contribution in [3.05, 3.63) is 17.5 Å². The standard InChI is InChI=1S/C20H36N4O2.HI/c1-5-16(6-2)18-13-17(26-24-18)14-22-19(21-7-3)23-15-20(9-8-10-20)11-12-25-4;/h13,16H,5-12,14-15H2,1-4H3,(H2,21,22,23);1H. The minimum Gasteiger partial charge on any atom is -0.385 e. The Hall–Kier alpha value is -0.830. The summed E-state index contributed by atoms with van der Waals surface area (Å²) in [5.74, 6) is 2.14. The Balaban J connectivity index is 0.00000364. The predicted molar refractivity (Wildman–Crippen MR) is 121 cm³/mol. The zero-order valence-electron chi connectivity index (χ0n) is 17.3. The van der Waals surface area contributed by atoms with E-state index in [1.807, 2.05) is 0 Å². The summed E-state index contributed by atoms with van der Waals surface area (Å²) in [6, 6.07) is 2.05. The van der Waals surface area contributed by atoms with Gasteiger partial charge in [-0.15, -0.1) is 24.0 Å². The Kier molecular flexibility index (Phi) is 11.3. The third kappa shape index (κ3) is 7.25. The average Bonchev–Trinajstić information content (AvgIpc) is 3.08. The number of hydrogen-bond donors (Lipinski definition) is 2. The van der Waals surface area contributed by atoms with E-state index >= 15 is 0 Å². The molecule has 6 nitrogen and oxygen atoms in total. The Morgan fingerprint density at radius 1 is 1.30 bits per heavy atom. The van der Waals surface area contributed by atoms with E-state index < -0.39 is 0 Å².